The van der Waals surface area contributed by atoms with Crippen LogP contribution >= 0.6 is 50.0 Å². The van der Waals surface area contributed by atoms with Gasteiger partial charge in [-0.2, -0.15) is 0 Å². The van der Waals surface area contributed by atoms with Crippen LogP contribution in [0.3, 0.4) is 0 Å². The van der Waals surface area contributed by atoms with Crippen molar-refractivity contribution in [2.45, 2.75) is 0 Å². The minimum absolute atomic E-state index is 0.0287. The first-order valence-corrected chi connectivity index (χ1v) is 47.8. The van der Waals surface area contributed by atoms with E-state index in [1.807, 2.05) is 0 Å². The van der Waals surface area contributed by atoms with Gasteiger partial charge in [0.15, 0.2) is 42.8 Å². The Hall–Kier alpha value is -5.04. The normalized spacial score (nSPS) is 10.1. The number of hydrogen-bond acceptors (Lipinski definition) is 12. The van der Waals surface area contributed by atoms with Crippen molar-refractivity contribution in [3.05, 3.63) is 407 Å². The maximum atomic E-state index is 9.95. The molecular formula is C72H60F6I6O12P6+6. The van der Waals surface area contributed by atoms with E-state index in [1.165, 1.54) is 42.8 Å². The van der Waals surface area contributed by atoms with Crippen molar-refractivity contribution in [3.8, 4) is 0 Å². The fraction of sp³-hybridized carbons (Fsp3) is 0. The molecule has 102 heavy (non-hydrogen) atoms. The average Bonchev–Trinajstić information content (AvgIpc) is 1.50. The molecular weight excluding hydrogens is 2120 g/mol. The fourth-order valence-electron chi connectivity index (χ4n) is 6.49. The van der Waals surface area contributed by atoms with Crippen molar-refractivity contribution in [3.63, 3.8) is 0 Å². The molecule has 0 spiro atoms. The molecule has 0 aliphatic rings. The van der Waals surface area contributed by atoms with Crippen molar-refractivity contribution >= 4 is 50.0 Å². The van der Waals surface area contributed by atoms with Crippen LogP contribution in [0.25, 0.3) is 0 Å². The molecule has 0 radical (unpaired) electrons. The summed E-state index contributed by atoms with van der Waals surface area (Å²) in [6.45, 7) is 0. The van der Waals surface area contributed by atoms with Crippen molar-refractivity contribution in [1.82, 2.24) is 0 Å². The molecule has 0 amide bonds. The third-order valence-corrected chi connectivity index (χ3v) is 26.2. The van der Waals surface area contributed by atoms with Gasteiger partial charge in [-0.05, 0) is 173 Å². The summed E-state index contributed by atoms with van der Waals surface area (Å²) >= 11 is 0.172. The van der Waals surface area contributed by atoms with Crippen LogP contribution in [-0.2, 0) is 27.4 Å². The van der Waals surface area contributed by atoms with E-state index in [-0.39, 0.29) is 127 Å². The molecule has 0 aliphatic heterocycles. The monoisotopic (exact) mass is 2180 g/mol. The third-order valence-electron chi connectivity index (χ3n) is 10.1. The highest BCUT2D eigenvalue weighted by molar-refractivity contribution is 7.30. The molecule has 0 fully saturated rings. The van der Waals surface area contributed by atoms with Crippen LogP contribution < -0.4 is 157 Å². The van der Waals surface area contributed by atoms with Gasteiger partial charge < -0.3 is 29.4 Å². The van der Waals surface area contributed by atoms with Crippen molar-refractivity contribution in [1.29, 1.82) is 0 Å². The van der Waals surface area contributed by atoms with Gasteiger partial charge in [-0.25, -0.2) is 0 Å². The minimum atomic E-state index is -3.62. The Morgan fingerprint density at radius 2 is 0.196 bits per heavy atom. The van der Waals surface area contributed by atoms with Gasteiger partial charge in [0, 0.05) is 0 Å². The van der Waals surface area contributed by atoms with E-state index in [2.05, 4.69) is 364 Å². The molecule has 30 heteroatoms. The Labute approximate surface area is 658 Å². The van der Waals surface area contributed by atoms with Gasteiger partial charge in [-0.15, -0.1) is 0 Å². The lowest BCUT2D eigenvalue weighted by Crippen LogP contribution is -3.61. The van der Waals surface area contributed by atoms with Gasteiger partial charge in [0.1, 0.15) is 0 Å². The molecule has 0 bridgehead atoms. The first-order valence-electron chi connectivity index (χ1n) is 28.4. The SMILES string of the molecule is O=[P+]([O-])F.O=[P+]([O-])F.O=[P+]([O-])F.O=[P+]([O-])F.O=[P+]([O-])F.O=[P+]([O-])F.c1ccc([I+]c2ccccc2)cc1.c1ccc([I+]c2ccccc2)cc1.c1ccc([I+]c2ccccc2)cc1.c1ccc([I+]c2ccccc2)cc1.c1ccc([I+]c2ccccc2)cc1.c1ccc([I+]c2ccccc2)cc1. The minimum Gasteiger partial charge on any atom is -0.562 e. The molecule has 0 aromatic heterocycles. The summed E-state index contributed by atoms with van der Waals surface area (Å²) in [4.78, 5) is 50.2. The van der Waals surface area contributed by atoms with Crippen LogP contribution in [0.5, 0.6) is 0 Å². The highest BCUT2D eigenvalue weighted by Crippen LogP contribution is 2.05. The molecule has 528 valence electrons. The summed E-state index contributed by atoms with van der Waals surface area (Å²) in [5, 5.41) is 0. The molecule has 12 rings (SSSR count). The molecule has 0 heterocycles. The number of rotatable bonds is 12. The van der Waals surface area contributed by atoms with Crippen molar-refractivity contribution in [2.75, 3.05) is 0 Å². The van der Waals surface area contributed by atoms with Gasteiger partial charge in [0.05, 0.1) is 25.2 Å². The lowest BCUT2D eigenvalue weighted by atomic mass is 10.4. The number of hydrogen-bond donors (Lipinski definition) is 0. The quantitative estimate of drug-likeness (QED) is 0.0791. The summed E-state index contributed by atoms with van der Waals surface area (Å²) in [5.41, 5.74) is 0. The first-order chi connectivity index (χ1) is 49.1. The molecule has 12 aromatic carbocycles. The zero-order valence-corrected chi connectivity index (χ0v) is 71.1. The Morgan fingerprint density at radius 3 is 0.245 bits per heavy atom. The van der Waals surface area contributed by atoms with Crippen LogP contribution in [0, 0.1) is 42.8 Å². The average molecular weight is 2180 g/mol. The second-order valence-corrected chi connectivity index (χ2v) is 38.1. The van der Waals surface area contributed by atoms with Gasteiger partial charge in [-0.1, -0.05) is 218 Å². The standard InChI is InChI=1S/6C12H10I.6FO2P/c6*1-3-7-11(8-4-1)13-12-9-5-2-6-10-12;6*1-4(2)3/h6*1-10H;;;;;;/q6*+1;;;;;;. The van der Waals surface area contributed by atoms with Crippen LogP contribution in [0.1, 0.15) is 0 Å². The van der Waals surface area contributed by atoms with Crippen LogP contribution in [0.15, 0.2) is 364 Å². The molecule has 6 unspecified atom stereocenters. The van der Waals surface area contributed by atoms with Crippen molar-refractivity contribution < 1.29 is 209 Å². The Balaban J connectivity index is 0.000000575. The number of benzene rings is 12. The molecule has 0 saturated heterocycles. The highest BCUT2D eigenvalue weighted by atomic mass is 127. The molecule has 12 nitrogen and oxygen atoms in total. The van der Waals surface area contributed by atoms with Crippen molar-refractivity contribution in [2.24, 2.45) is 0 Å². The van der Waals surface area contributed by atoms with E-state index in [0.717, 1.165) is 0 Å². The molecule has 0 saturated carbocycles. The highest BCUT2D eigenvalue weighted by Gasteiger charge is 2.17. The zero-order chi connectivity index (χ0) is 75.1. The van der Waals surface area contributed by atoms with Crippen LogP contribution in [-0.4, -0.2) is 0 Å². The van der Waals surface area contributed by atoms with E-state index in [1.54, 1.807) is 0 Å². The lowest BCUT2D eigenvalue weighted by Gasteiger charge is -1.84. The summed E-state index contributed by atoms with van der Waals surface area (Å²) < 4.78 is 128. The maximum Gasteiger partial charge on any atom is 0.540 e. The molecule has 0 N–H and O–H groups in total. The fourth-order valence-corrected chi connectivity index (χ4v) is 20.1. The molecule has 0 aliphatic carbocycles. The van der Waals surface area contributed by atoms with E-state index in [9.17, 15) is 25.2 Å². The second-order valence-electron chi connectivity index (χ2n) is 17.4. The van der Waals surface area contributed by atoms with E-state index < -0.39 is 50.0 Å². The van der Waals surface area contributed by atoms with Gasteiger partial charge >= 0.3 is 177 Å². The summed E-state index contributed by atoms with van der Waals surface area (Å²) in [5.74, 6) is 0. The van der Waals surface area contributed by atoms with Gasteiger partial charge in [0.2, 0.25) is 0 Å². The summed E-state index contributed by atoms with van der Waals surface area (Å²) in [7, 11) is -21.7. The Morgan fingerprint density at radius 1 is 0.147 bits per heavy atom. The zero-order valence-electron chi connectivity index (χ0n) is 52.8. The number of halogens is 12. The molecule has 6 atom stereocenters. The van der Waals surface area contributed by atoms with Gasteiger partial charge in [0.25, 0.3) is 0 Å². The van der Waals surface area contributed by atoms with Gasteiger partial charge in [-0.3, -0.25) is 0 Å². The maximum absolute atomic E-state index is 9.95. The topological polar surface area (TPSA) is 241 Å². The van der Waals surface area contributed by atoms with Crippen LogP contribution in [0.4, 0.5) is 25.2 Å². The predicted molar refractivity (Wildman–Crippen MR) is 354 cm³/mol. The summed E-state index contributed by atoms with van der Waals surface area (Å²) in [6, 6.07) is 128. The van der Waals surface area contributed by atoms with E-state index in [0.29, 0.717) is 0 Å². The molecule has 12 aromatic rings. The Bertz CT molecular complexity index is 3140. The van der Waals surface area contributed by atoms with Crippen LogP contribution in [0.2, 0.25) is 0 Å². The lowest BCUT2D eigenvalue weighted by molar-refractivity contribution is -0.597. The Kier molecular flexibility index (Phi) is 61.0. The summed E-state index contributed by atoms with van der Waals surface area (Å²) in [6.07, 6.45) is 0. The second kappa shape index (κ2) is 65.5. The van der Waals surface area contributed by atoms with E-state index >= 15 is 0 Å². The predicted octanol–water partition coefficient (Wildman–Crippen LogP) is -1.27. The largest absolute Gasteiger partial charge is 0.562 e. The third kappa shape index (κ3) is 63.4. The smallest absolute Gasteiger partial charge is 0.540 e. The first kappa shape index (κ1) is 95.0. The van der Waals surface area contributed by atoms with E-state index in [4.69, 9.17) is 56.8 Å².